The lowest BCUT2D eigenvalue weighted by atomic mass is 10.2. The second-order valence-electron chi connectivity index (χ2n) is 4.49. The molecule has 5 heteroatoms. The fraction of sp³-hybridized carbons (Fsp3) is 0.125. The first-order valence-electron chi connectivity index (χ1n) is 6.59. The van der Waals surface area contributed by atoms with E-state index in [9.17, 15) is 9.59 Å². The summed E-state index contributed by atoms with van der Waals surface area (Å²) >= 11 is 0. The van der Waals surface area contributed by atoms with Crippen LogP contribution >= 0.6 is 0 Å². The Labute approximate surface area is 121 Å². The van der Waals surface area contributed by atoms with E-state index in [2.05, 4.69) is 0 Å². The van der Waals surface area contributed by atoms with Crippen LogP contribution in [-0.4, -0.2) is 23.4 Å². The lowest BCUT2D eigenvalue weighted by Crippen LogP contribution is -2.28. The summed E-state index contributed by atoms with van der Waals surface area (Å²) in [4.78, 5) is 24.4. The standard InChI is InChI=1S/C16H13NO4/c1-2-17-15(18)14(21-16(17)19)10-12-8-9-13(20-12)11-6-4-3-5-7-11/h3-10H,2H2,1H3/b14-10-. The van der Waals surface area contributed by atoms with Gasteiger partial charge in [0.15, 0.2) is 0 Å². The van der Waals surface area contributed by atoms with Crippen molar-refractivity contribution in [1.29, 1.82) is 0 Å². The molecule has 1 aromatic carbocycles. The first-order chi connectivity index (χ1) is 10.2. The second kappa shape index (κ2) is 5.28. The van der Waals surface area contributed by atoms with Gasteiger partial charge < -0.3 is 9.15 Å². The zero-order valence-electron chi connectivity index (χ0n) is 11.4. The number of hydrogen-bond donors (Lipinski definition) is 0. The van der Waals surface area contributed by atoms with Gasteiger partial charge in [0.05, 0.1) is 0 Å². The lowest BCUT2D eigenvalue weighted by molar-refractivity contribution is -0.123. The summed E-state index contributed by atoms with van der Waals surface area (Å²) in [6, 6.07) is 13.1. The summed E-state index contributed by atoms with van der Waals surface area (Å²) < 4.78 is 10.6. The highest BCUT2D eigenvalue weighted by molar-refractivity contribution is 6.09. The molecule has 2 heterocycles. The van der Waals surface area contributed by atoms with E-state index < -0.39 is 12.0 Å². The number of rotatable bonds is 3. The Kier molecular flexibility index (Phi) is 3.31. The van der Waals surface area contributed by atoms with Crippen molar-refractivity contribution in [2.24, 2.45) is 0 Å². The maximum absolute atomic E-state index is 11.9. The molecule has 21 heavy (non-hydrogen) atoms. The topological polar surface area (TPSA) is 59.8 Å². The third-order valence-corrected chi connectivity index (χ3v) is 3.15. The number of carbonyl (C=O) groups is 2. The van der Waals surface area contributed by atoms with E-state index in [0.29, 0.717) is 11.5 Å². The summed E-state index contributed by atoms with van der Waals surface area (Å²) in [7, 11) is 0. The lowest BCUT2D eigenvalue weighted by Gasteiger charge is -2.03. The Hall–Kier alpha value is -2.82. The molecule has 0 unspecified atom stereocenters. The molecule has 0 spiro atoms. The average Bonchev–Trinajstić information content (AvgIpc) is 3.06. The third kappa shape index (κ3) is 2.45. The molecular weight excluding hydrogens is 270 g/mol. The van der Waals surface area contributed by atoms with Gasteiger partial charge in [-0.25, -0.2) is 9.69 Å². The predicted octanol–water partition coefficient (Wildman–Crippen LogP) is 3.29. The molecule has 1 aliphatic rings. The van der Waals surface area contributed by atoms with Crippen LogP contribution in [0.25, 0.3) is 17.4 Å². The quantitative estimate of drug-likeness (QED) is 0.811. The summed E-state index contributed by atoms with van der Waals surface area (Å²) in [5, 5.41) is 0. The summed E-state index contributed by atoms with van der Waals surface area (Å²) in [6.07, 6.45) is 0.783. The van der Waals surface area contributed by atoms with Gasteiger partial charge in [0.1, 0.15) is 11.5 Å². The van der Waals surface area contributed by atoms with Crippen LogP contribution < -0.4 is 0 Å². The second-order valence-corrected chi connectivity index (χ2v) is 4.49. The molecule has 3 rings (SSSR count). The number of furan rings is 1. The number of amides is 2. The predicted molar refractivity (Wildman–Crippen MR) is 76.0 cm³/mol. The number of nitrogens with zero attached hydrogens (tertiary/aromatic N) is 1. The molecule has 0 aliphatic carbocycles. The maximum atomic E-state index is 11.9. The molecule has 1 saturated heterocycles. The Morgan fingerprint density at radius 2 is 1.86 bits per heavy atom. The van der Waals surface area contributed by atoms with Crippen molar-refractivity contribution >= 4 is 18.1 Å². The minimum absolute atomic E-state index is 0.0178. The zero-order chi connectivity index (χ0) is 14.8. The van der Waals surface area contributed by atoms with Crippen LogP contribution in [0.3, 0.4) is 0 Å². The molecule has 2 amide bonds. The first-order valence-corrected chi connectivity index (χ1v) is 6.59. The largest absolute Gasteiger partial charge is 0.457 e. The van der Waals surface area contributed by atoms with E-state index in [0.717, 1.165) is 10.5 Å². The van der Waals surface area contributed by atoms with Gasteiger partial charge in [-0.3, -0.25) is 4.79 Å². The van der Waals surface area contributed by atoms with Crippen molar-refractivity contribution in [2.75, 3.05) is 6.54 Å². The molecular formula is C16H13NO4. The number of benzene rings is 1. The molecule has 106 valence electrons. The SMILES string of the molecule is CCN1C(=O)O/C(=C\c2ccc(-c3ccccc3)o2)C1=O. The Balaban J connectivity index is 1.87. The average molecular weight is 283 g/mol. The van der Waals surface area contributed by atoms with E-state index in [4.69, 9.17) is 9.15 Å². The minimum Gasteiger partial charge on any atom is -0.457 e. The van der Waals surface area contributed by atoms with E-state index in [1.165, 1.54) is 6.08 Å². The number of imide groups is 1. The highest BCUT2D eigenvalue weighted by Gasteiger charge is 2.35. The smallest absolute Gasteiger partial charge is 0.422 e. The molecule has 0 N–H and O–H groups in total. The van der Waals surface area contributed by atoms with Crippen LogP contribution in [0.1, 0.15) is 12.7 Å². The van der Waals surface area contributed by atoms with Gasteiger partial charge in [-0.1, -0.05) is 30.3 Å². The summed E-state index contributed by atoms with van der Waals surface area (Å²) in [5.74, 6) is 0.686. The molecule has 2 aromatic rings. The van der Waals surface area contributed by atoms with Gasteiger partial charge in [0.2, 0.25) is 5.76 Å². The van der Waals surface area contributed by atoms with Crippen LogP contribution in [0.15, 0.2) is 52.6 Å². The minimum atomic E-state index is -0.649. The van der Waals surface area contributed by atoms with Crippen LogP contribution in [0.5, 0.6) is 0 Å². The summed E-state index contributed by atoms with van der Waals surface area (Å²) in [5.41, 5.74) is 0.937. The van der Waals surface area contributed by atoms with Gasteiger partial charge in [-0.05, 0) is 19.1 Å². The molecule has 1 fully saturated rings. The molecule has 0 saturated carbocycles. The van der Waals surface area contributed by atoms with Gasteiger partial charge >= 0.3 is 6.09 Å². The molecule has 0 radical (unpaired) electrons. The van der Waals surface area contributed by atoms with Gasteiger partial charge in [-0.15, -0.1) is 0 Å². The number of ether oxygens (including phenoxy) is 1. The summed E-state index contributed by atoms with van der Waals surface area (Å²) in [6.45, 7) is 1.99. The van der Waals surface area contributed by atoms with Gasteiger partial charge in [0, 0.05) is 18.2 Å². The molecule has 0 atom stereocenters. The number of hydrogen-bond acceptors (Lipinski definition) is 4. The first kappa shape index (κ1) is 13.2. The van der Waals surface area contributed by atoms with Crippen LogP contribution in [0, 0.1) is 0 Å². The fourth-order valence-electron chi connectivity index (χ4n) is 2.09. The highest BCUT2D eigenvalue weighted by Crippen LogP contribution is 2.25. The maximum Gasteiger partial charge on any atom is 0.422 e. The Morgan fingerprint density at radius 1 is 1.10 bits per heavy atom. The monoisotopic (exact) mass is 283 g/mol. The van der Waals surface area contributed by atoms with Crippen LogP contribution in [0.4, 0.5) is 4.79 Å². The van der Waals surface area contributed by atoms with Gasteiger partial charge in [-0.2, -0.15) is 0 Å². The highest BCUT2D eigenvalue weighted by atomic mass is 16.6. The van der Waals surface area contributed by atoms with Gasteiger partial charge in [0.25, 0.3) is 5.91 Å². The van der Waals surface area contributed by atoms with Crippen molar-refractivity contribution in [3.05, 3.63) is 54.0 Å². The number of cyclic esters (lactones) is 1. The number of likely N-dealkylation sites (N-methyl/N-ethyl adjacent to an activating group) is 1. The van der Waals surface area contributed by atoms with E-state index in [1.54, 1.807) is 19.1 Å². The van der Waals surface area contributed by atoms with Crippen molar-refractivity contribution in [1.82, 2.24) is 4.90 Å². The van der Waals surface area contributed by atoms with Crippen molar-refractivity contribution in [3.8, 4) is 11.3 Å². The fourth-order valence-corrected chi connectivity index (χ4v) is 2.09. The Bertz CT molecular complexity index is 715. The van der Waals surface area contributed by atoms with Crippen molar-refractivity contribution < 1.29 is 18.7 Å². The van der Waals surface area contributed by atoms with Crippen molar-refractivity contribution in [3.63, 3.8) is 0 Å². The van der Waals surface area contributed by atoms with Crippen molar-refractivity contribution in [2.45, 2.75) is 6.92 Å². The van der Waals surface area contributed by atoms with E-state index in [-0.39, 0.29) is 12.3 Å². The molecule has 1 aliphatic heterocycles. The molecule has 1 aromatic heterocycles. The molecule has 5 nitrogen and oxygen atoms in total. The Morgan fingerprint density at radius 3 is 2.52 bits per heavy atom. The third-order valence-electron chi connectivity index (χ3n) is 3.15. The van der Waals surface area contributed by atoms with E-state index in [1.807, 2.05) is 30.3 Å². The normalized spacial score (nSPS) is 16.6. The van der Waals surface area contributed by atoms with E-state index >= 15 is 0 Å². The molecule has 0 bridgehead atoms. The van der Waals surface area contributed by atoms with Crippen LogP contribution in [-0.2, 0) is 9.53 Å². The van der Waals surface area contributed by atoms with Crippen LogP contribution in [0.2, 0.25) is 0 Å². The zero-order valence-corrected chi connectivity index (χ0v) is 11.4. The number of carbonyl (C=O) groups excluding carboxylic acids is 2.